The summed E-state index contributed by atoms with van der Waals surface area (Å²) in [5.74, 6) is 1.46. The SMILES string of the molecule is COC(=O)c1sc(C)cc1C1CN(C(=O)C2CCOC2)CCC1C1CCCCC1. The minimum absolute atomic E-state index is 0.00571. The number of piperidine rings is 1. The molecule has 0 spiro atoms. The van der Waals surface area contributed by atoms with E-state index in [4.69, 9.17) is 9.47 Å². The molecule has 3 aliphatic rings. The van der Waals surface area contributed by atoms with Crippen molar-refractivity contribution in [3.05, 3.63) is 21.4 Å². The van der Waals surface area contributed by atoms with Gasteiger partial charge in [-0.1, -0.05) is 32.1 Å². The van der Waals surface area contributed by atoms with E-state index in [2.05, 4.69) is 17.9 Å². The zero-order valence-corrected chi connectivity index (χ0v) is 18.5. The van der Waals surface area contributed by atoms with Crippen LogP contribution in [-0.2, 0) is 14.3 Å². The number of thiophene rings is 1. The van der Waals surface area contributed by atoms with Crippen LogP contribution in [0.1, 0.15) is 71.0 Å². The molecule has 3 unspecified atom stereocenters. The predicted molar refractivity (Wildman–Crippen MR) is 113 cm³/mol. The van der Waals surface area contributed by atoms with Crippen LogP contribution in [0.4, 0.5) is 0 Å². The van der Waals surface area contributed by atoms with Crippen LogP contribution in [-0.4, -0.2) is 50.2 Å². The second-order valence-corrected chi connectivity index (χ2v) is 10.2. The van der Waals surface area contributed by atoms with Crippen molar-refractivity contribution in [1.82, 2.24) is 4.90 Å². The Hall–Kier alpha value is -1.40. The van der Waals surface area contributed by atoms with Crippen LogP contribution in [0.15, 0.2) is 6.07 Å². The Morgan fingerprint density at radius 1 is 1.17 bits per heavy atom. The lowest BCUT2D eigenvalue weighted by molar-refractivity contribution is -0.137. The first-order chi connectivity index (χ1) is 14.1. The lowest BCUT2D eigenvalue weighted by atomic mass is 9.68. The zero-order valence-electron chi connectivity index (χ0n) is 17.7. The maximum atomic E-state index is 13.1. The van der Waals surface area contributed by atoms with E-state index in [1.165, 1.54) is 50.6 Å². The minimum Gasteiger partial charge on any atom is -0.465 e. The molecule has 4 rings (SSSR count). The number of esters is 1. The molecular formula is C23H33NO4S. The average Bonchev–Trinajstić information content (AvgIpc) is 3.43. The first-order valence-corrected chi connectivity index (χ1v) is 11.9. The Bertz CT molecular complexity index is 733. The Morgan fingerprint density at radius 2 is 1.97 bits per heavy atom. The van der Waals surface area contributed by atoms with Gasteiger partial charge < -0.3 is 14.4 Å². The maximum absolute atomic E-state index is 13.1. The molecule has 1 saturated carbocycles. The van der Waals surface area contributed by atoms with Crippen LogP contribution in [0.3, 0.4) is 0 Å². The fourth-order valence-electron chi connectivity index (χ4n) is 5.67. The number of ether oxygens (including phenoxy) is 2. The number of aryl methyl sites for hydroxylation is 1. The molecule has 1 aromatic rings. The molecule has 1 aromatic heterocycles. The van der Waals surface area contributed by atoms with E-state index in [-0.39, 0.29) is 23.7 Å². The summed E-state index contributed by atoms with van der Waals surface area (Å²) in [6.07, 6.45) is 8.38. The number of methoxy groups -OCH3 is 1. The molecule has 0 radical (unpaired) electrons. The van der Waals surface area contributed by atoms with E-state index >= 15 is 0 Å². The highest BCUT2D eigenvalue weighted by atomic mass is 32.1. The van der Waals surface area contributed by atoms with Gasteiger partial charge in [-0.2, -0.15) is 0 Å². The van der Waals surface area contributed by atoms with Crippen molar-refractivity contribution < 1.29 is 19.1 Å². The topological polar surface area (TPSA) is 55.8 Å². The fraction of sp³-hybridized carbons (Fsp3) is 0.739. The molecule has 5 nitrogen and oxygen atoms in total. The van der Waals surface area contributed by atoms with Crippen LogP contribution < -0.4 is 0 Å². The van der Waals surface area contributed by atoms with Crippen molar-refractivity contribution in [2.75, 3.05) is 33.4 Å². The molecule has 3 fully saturated rings. The second kappa shape index (κ2) is 9.17. The zero-order chi connectivity index (χ0) is 20.4. The van der Waals surface area contributed by atoms with E-state index in [1.807, 2.05) is 0 Å². The summed E-state index contributed by atoms with van der Waals surface area (Å²) in [7, 11) is 1.45. The van der Waals surface area contributed by atoms with Gasteiger partial charge in [-0.15, -0.1) is 11.3 Å². The first-order valence-electron chi connectivity index (χ1n) is 11.1. The number of carbonyl (C=O) groups is 2. The summed E-state index contributed by atoms with van der Waals surface area (Å²) in [6, 6.07) is 2.17. The molecule has 1 amide bonds. The standard InChI is InChI=1S/C23H33NO4S/c1-15-12-19(21(29-15)23(26)27-2)20-13-24(22(25)17-9-11-28-14-17)10-8-18(20)16-6-4-3-5-7-16/h12,16-18,20H,3-11,13-14H2,1-2H3. The summed E-state index contributed by atoms with van der Waals surface area (Å²) in [5, 5.41) is 0. The second-order valence-electron chi connectivity index (χ2n) is 8.93. The molecule has 0 bridgehead atoms. The Labute approximate surface area is 177 Å². The van der Waals surface area contributed by atoms with Crippen molar-refractivity contribution in [2.24, 2.45) is 17.8 Å². The molecule has 0 N–H and O–H groups in total. The number of likely N-dealkylation sites (tertiary alicyclic amines) is 1. The van der Waals surface area contributed by atoms with Crippen LogP contribution in [0.2, 0.25) is 0 Å². The predicted octanol–water partition coefficient (Wildman–Crippen LogP) is 4.39. The van der Waals surface area contributed by atoms with Gasteiger partial charge in [0.2, 0.25) is 5.91 Å². The van der Waals surface area contributed by atoms with Crippen LogP contribution in [0.5, 0.6) is 0 Å². The van der Waals surface area contributed by atoms with Crippen molar-refractivity contribution in [3.8, 4) is 0 Å². The van der Waals surface area contributed by atoms with Crippen LogP contribution >= 0.6 is 11.3 Å². The quantitative estimate of drug-likeness (QED) is 0.679. The van der Waals surface area contributed by atoms with E-state index in [0.29, 0.717) is 25.0 Å². The lowest BCUT2D eigenvalue weighted by Crippen LogP contribution is -2.47. The van der Waals surface area contributed by atoms with E-state index in [9.17, 15) is 9.59 Å². The van der Waals surface area contributed by atoms with E-state index < -0.39 is 0 Å². The number of hydrogen-bond donors (Lipinski definition) is 0. The highest BCUT2D eigenvalue weighted by Crippen LogP contribution is 2.45. The van der Waals surface area contributed by atoms with Crippen molar-refractivity contribution in [3.63, 3.8) is 0 Å². The van der Waals surface area contributed by atoms with E-state index in [0.717, 1.165) is 41.2 Å². The highest BCUT2D eigenvalue weighted by molar-refractivity contribution is 7.14. The van der Waals surface area contributed by atoms with Gasteiger partial charge in [0.05, 0.1) is 19.6 Å². The largest absolute Gasteiger partial charge is 0.465 e. The molecule has 2 aliphatic heterocycles. The highest BCUT2D eigenvalue weighted by Gasteiger charge is 2.41. The van der Waals surface area contributed by atoms with Gasteiger partial charge in [0.15, 0.2) is 0 Å². The molecule has 3 heterocycles. The van der Waals surface area contributed by atoms with Gasteiger partial charge in [0, 0.05) is 30.5 Å². The smallest absolute Gasteiger partial charge is 0.348 e. The van der Waals surface area contributed by atoms with E-state index in [1.54, 1.807) is 0 Å². The molecule has 2 saturated heterocycles. The van der Waals surface area contributed by atoms with Gasteiger partial charge >= 0.3 is 5.97 Å². The summed E-state index contributed by atoms with van der Waals surface area (Å²) in [4.78, 5) is 29.5. The molecular weight excluding hydrogens is 386 g/mol. The third kappa shape index (κ3) is 4.38. The van der Waals surface area contributed by atoms with Gasteiger partial charge in [-0.3, -0.25) is 4.79 Å². The lowest BCUT2D eigenvalue weighted by Gasteiger charge is -2.44. The summed E-state index contributed by atoms with van der Waals surface area (Å²) < 4.78 is 10.6. The van der Waals surface area contributed by atoms with Gasteiger partial charge in [0.25, 0.3) is 0 Å². The Kier molecular flexibility index (Phi) is 6.60. The van der Waals surface area contributed by atoms with Crippen LogP contribution in [0, 0.1) is 24.7 Å². The summed E-state index contributed by atoms with van der Waals surface area (Å²) in [5.41, 5.74) is 1.11. The molecule has 6 heteroatoms. The summed E-state index contributed by atoms with van der Waals surface area (Å²) in [6.45, 7) is 4.85. The molecule has 3 atom stereocenters. The number of rotatable bonds is 4. The number of nitrogens with zero attached hydrogens (tertiary/aromatic N) is 1. The van der Waals surface area contributed by atoms with Crippen LogP contribution in [0.25, 0.3) is 0 Å². The molecule has 0 aromatic carbocycles. The number of carbonyl (C=O) groups excluding carboxylic acids is 2. The van der Waals surface area contributed by atoms with Gasteiger partial charge in [0.1, 0.15) is 4.88 Å². The molecule has 1 aliphatic carbocycles. The monoisotopic (exact) mass is 419 g/mol. The molecule has 160 valence electrons. The molecule has 29 heavy (non-hydrogen) atoms. The van der Waals surface area contributed by atoms with Gasteiger partial charge in [-0.05, 0) is 43.2 Å². The average molecular weight is 420 g/mol. The maximum Gasteiger partial charge on any atom is 0.348 e. The normalized spacial score (nSPS) is 28.5. The number of amides is 1. The van der Waals surface area contributed by atoms with Crippen molar-refractivity contribution in [1.29, 1.82) is 0 Å². The minimum atomic E-state index is -0.242. The summed E-state index contributed by atoms with van der Waals surface area (Å²) >= 11 is 1.53. The Morgan fingerprint density at radius 3 is 2.66 bits per heavy atom. The third-order valence-corrected chi connectivity index (χ3v) is 8.21. The third-order valence-electron chi connectivity index (χ3n) is 7.17. The Balaban J connectivity index is 1.62. The fourth-order valence-corrected chi connectivity index (χ4v) is 6.68. The van der Waals surface area contributed by atoms with Crippen molar-refractivity contribution >= 4 is 23.2 Å². The first kappa shape index (κ1) is 20.9. The van der Waals surface area contributed by atoms with Crippen molar-refractivity contribution in [2.45, 2.75) is 57.8 Å². The number of hydrogen-bond acceptors (Lipinski definition) is 5. The van der Waals surface area contributed by atoms with Gasteiger partial charge in [-0.25, -0.2) is 4.79 Å².